The van der Waals surface area contributed by atoms with Crippen LogP contribution in [0.5, 0.6) is 5.75 Å². The molecule has 0 aliphatic heterocycles. The number of hydrogen-bond donors (Lipinski definition) is 1. The van der Waals surface area contributed by atoms with Crippen LogP contribution < -0.4 is 10.1 Å². The van der Waals surface area contributed by atoms with E-state index in [9.17, 15) is 14.9 Å². The van der Waals surface area contributed by atoms with Crippen molar-refractivity contribution in [3.63, 3.8) is 0 Å². The molecule has 7 heteroatoms. The van der Waals surface area contributed by atoms with Gasteiger partial charge in [-0.05, 0) is 32.5 Å². The number of nitro benzene ring substituents is 1. The molecule has 21 heavy (non-hydrogen) atoms. The van der Waals surface area contributed by atoms with Gasteiger partial charge in [0, 0.05) is 12.5 Å². The van der Waals surface area contributed by atoms with Crippen molar-refractivity contribution in [1.82, 2.24) is 5.32 Å². The van der Waals surface area contributed by atoms with Gasteiger partial charge in [0.2, 0.25) is 0 Å². The van der Waals surface area contributed by atoms with E-state index in [4.69, 9.17) is 9.47 Å². The summed E-state index contributed by atoms with van der Waals surface area (Å²) in [5, 5.41) is 13.9. The molecule has 0 aliphatic rings. The topological polar surface area (TPSA) is 90.7 Å². The average molecular weight is 296 g/mol. The van der Waals surface area contributed by atoms with Crippen molar-refractivity contribution < 1.29 is 19.2 Å². The smallest absolute Gasteiger partial charge is 0.325 e. The van der Waals surface area contributed by atoms with E-state index >= 15 is 0 Å². The van der Waals surface area contributed by atoms with E-state index in [0.717, 1.165) is 5.56 Å². The second-order valence-electron chi connectivity index (χ2n) is 4.90. The molecule has 1 rings (SSSR count). The van der Waals surface area contributed by atoms with Gasteiger partial charge in [-0.1, -0.05) is 6.07 Å². The Kier molecular flexibility index (Phi) is 5.66. The second kappa shape index (κ2) is 7.03. The lowest BCUT2D eigenvalue weighted by Crippen LogP contribution is -2.49. The monoisotopic (exact) mass is 296 g/mol. The number of benzene rings is 1. The van der Waals surface area contributed by atoms with Crippen LogP contribution in [-0.4, -0.2) is 37.2 Å². The molecular weight excluding hydrogens is 276 g/mol. The van der Waals surface area contributed by atoms with E-state index in [0.29, 0.717) is 6.42 Å². The number of ether oxygens (including phenoxy) is 2. The molecule has 0 heterocycles. The maximum atomic E-state index is 11.7. The fraction of sp³-hybridized carbons (Fsp3) is 0.500. The Bertz CT molecular complexity index is 532. The van der Waals surface area contributed by atoms with Gasteiger partial charge >= 0.3 is 11.7 Å². The fourth-order valence-electron chi connectivity index (χ4n) is 1.81. The summed E-state index contributed by atoms with van der Waals surface area (Å²) in [7, 11) is 2.95. The number of nitro groups is 1. The molecule has 0 amide bonds. The molecule has 7 nitrogen and oxygen atoms in total. The lowest BCUT2D eigenvalue weighted by molar-refractivity contribution is -0.385. The largest absolute Gasteiger partial charge is 0.487 e. The van der Waals surface area contributed by atoms with E-state index in [1.54, 1.807) is 33.0 Å². The van der Waals surface area contributed by atoms with Gasteiger partial charge in [-0.2, -0.15) is 0 Å². The zero-order valence-electron chi connectivity index (χ0n) is 12.6. The lowest BCUT2D eigenvalue weighted by atomic mass is 9.99. The van der Waals surface area contributed by atoms with Gasteiger partial charge in [-0.25, -0.2) is 0 Å². The zero-order chi connectivity index (χ0) is 16.0. The average Bonchev–Trinajstić information content (AvgIpc) is 2.47. The van der Waals surface area contributed by atoms with Gasteiger partial charge < -0.3 is 14.8 Å². The van der Waals surface area contributed by atoms with Crippen LogP contribution in [0, 0.1) is 17.0 Å². The summed E-state index contributed by atoms with van der Waals surface area (Å²) >= 11 is 0. The van der Waals surface area contributed by atoms with Gasteiger partial charge in [0.05, 0.1) is 18.6 Å². The highest BCUT2D eigenvalue weighted by atomic mass is 16.6. The molecule has 0 bridgehead atoms. The third-order valence-corrected chi connectivity index (χ3v) is 3.36. The summed E-state index contributed by atoms with van der Waals surface area (Å²) < 4.78 is 10.2. The number of methoxy groups -OCH3 is 1. The molecule has 0 fully saturated rings. The normalized spacial score (nSPS) is 13.3. The van der Waals surface area contributed by atoms with E-state index in [2.05, 4.69) is 5.32 Å². The SMILES string of the molecule is CNC(C)(CCOc1ccc(C)cc1[N+](=O)[O-])C(=O)OC. The number of hydrogen-bond acceptors (Lipinski definition) is 6. The number of nitrogens with one attached hydrogen (secondary N) is 1. The van der Waals surface area contributed by atoms with Crippen molar-refractivity contribution >= 4 is 11.7 Å². The Labute approximate surface area is 123 Å². The van der Waals surface area contributed by atoms with E-state index < -0.39 is 16.4 Å². The Morgan fingerprint density at radius 3 is 2.67 bits per heavy atom. The first-order chi connectivity index (χ1) is 9.84. The number of nitrogens with zero attached hydrogens (tertiary/aromatic N) is 1. The number of likely N-dealkylation sites (N-methyl/N-ethyl adjacent to an activating group) is 1. The Morgan fingerprint density at radius 2 is 2.14 bits per heavy atom. The van der Waals surface area contributed by atoms with E-state index in [1.165, 1.54) is 13.2 Å². The molecule has 1 unspecified atom stereocenters. The van der Waals surface area contributed by atoms with Crippen molar-refractivity contribution in [1.29, 1.82) is 0 Å². The molecule has 0 saturated heterocycles. The maximum Gasteiger partial charge on any atom is 0.325 e. The number of esters is 1. The number of carbonyl (C=O) groups is 1. The molecule has 0 saturated carbocycles. The molecule has 116 valence electrons. The Balaban J connectivity index is 2.76. The van der Waals surface area contributed by atoms with Crippen molar-refractivity contribution in [2.45, 2.75) is 25.8 Å². The summed E-state index contributed by atoms with van der Waals surface area (Å²) in [6, 6.07) is 4.75. The van der Waals surface area contributed by atoms with Gasteiger partial charge in [-0.15, -0.1) is 0 Å². The van der Waals surface area contributed by atoms with Crippen molar-refractivity contribution in [2.24, 2.45) is 0 Å². The molecule has 1 aromatic carbocycles. The van der Waals surface area contributed by atoms with Crippen LogP contribution in [0.1, 0.15) is 18.9 Å². The molecule has 1 N–H and O–H groups in total. The molecule has 0 spiro atoms. The first kappa shape index (κ1) is 16.9. The number of rotatable bonds is 7. The van der Waals surface area contributed by atoms with Crippen LogP contribution in [0.25, 0.3) is 0 Å². The molecule has 0 radical (unpaired) electrons. The molecule has 0 aromatic heterocycles. The first-order valence-corrected chi connectivity index (χ1v) is 6.49. The molecule has 1 atom stereocenters. The van der Waals surface area contributed by atoms with Crippen LogP contribution in [0.3, 0.4) is 0 Å². The minimum atomic E-state index is -0.895. The van der Waals surface area contributed by atoms with Crippen molar-refractivity contribution in [3.8, 4) is 5.75 Å². The second-order valence-corrected chi connectivity index (χ2v) is 4.90. The molecular formula is C14H20N2O5. The number of carbonyl (C=O) groups excluding carboxylic acids is 1. The van der Waals surface area contributed by atoms with Crippen molar-refractivity contribution in [3.05, 3.63) is 33.9 Å². The van der Waals surface area contributed by atoms with Gasteiger partial charge in [-0.3, -0.25) is 14.9 Å². The third-order valence-electron chi connectivity index (χ3n) is 3.36. The standard InChI is InChI=1S/C14H20N2O5/c1-10-5-6-12(11(9-10)16(18)19)21-8-7-14(2,15-3)13(17)20-4/h5-6,9,15H,7-8H2,1-4H3. The summed E-state index contributed by atoms with van der Waals surface area (Å²) in [5.74, 6) is -0.221. The highest BCUT2D eigenvalue weighted by Crippen LogP contribution is 2.28. The highest BCUT2D eigenvalue weighted by molar-refractivity contribution is 5.80. The molecule has 0 aliphatic carbocycles. The summed E-state index contributed by atoms with van der Waals surface area (Å²) in [6.45, 7) is 3.61. The van der Waals surface area contributed by atoms with Crippen LogP contribution in [0.2, 0.25) is 0 Å². The lowest BCUT2D eigenvalue weighted by Gasteiger charge is -2.25. The van der Waals surface area contributed by atoms with Crippen LogP contribution in [0.15, 0.2) is 18.2 Å². The van der Waals surface area contributed by atoms with E-state index in [-0.39, 0.29) is 18.0 Å². The van der Waals surface area contributed by atoms with Gasteiger partial charge in [0.25, 0.3) is 0 Å². The minimum absolute atomic E-state index is 0.0840. The van der Waals surface area contributed by atoms with Crippen molar-refractivity contribution in [2.75, 3.05) is 20.8 Å². The maximum absolute atomic E-state index is 11.7. The fourth-order valence-corrected chi connectivity index (χ4v) is 1.81. The van der Waals surface area contributed by atoms with Crippen LogP contribution >= 0.6 is 0 Å². The van der Waals surface area contributed by atoms with Crippen LogP contribution in [0.4, 0.5) is 5.69 Å². The Hall–Kier alpha value is -2.15. The van der Waals surface area contributed by atoms with E-state index in [1.807, 2.05) is 0 Å². The quantitative estimate of drug-likeness (QED) is 0.469. The summed E-state index contributed by atoms with van der Waals surface area (Å²) in [6.07, 6.45) is 0.321. The highest BCUT2D eigenvalue weighted by Gasteiger charge is 2.32. The van der Waals surface area contributed by atoms with Gasteiger partial charge in [0.15, 0.2) is 5.75 Å². The predicted molar refractivity (Wildman–Crippen MR) is 77.4 cm³/mol. The summed E-state index contributed by atoms with van der Waals surface area (Å²) in [4.78, 5) is 22.2. The predicted octanol–water partition coefficient (Wildman–Crippen LogP) is 1.82. The summed E-state index contributed by atoms with van der Waals surface area (Å²) in [5.41, 5.74) is -0.197. The Morgan fingerprint density at radius 1 is 1.48 bits per heavy atom. The van der Waals surface area contributed by atoms with Crippen LogP contribution in [-0.2, 0) is 9.53 Å². The minimum Gasteiger partial charge on any atom is -0.487 e. The number of aryl methyl sites for hydroxylation is 1. The first-order valence-electron chi connectivity index (χ1n) is 6.49. The zero-order valence-corrected chi connectivity index (χ0v) is 12.6. The molecule has 1 aromatic rings. The third kappa shape index (κ3) is 4.16. The van der Waals surface area contributed by atoms with Gasteiger partial charge in [0.1, 0.15) is 5.54 Å².